The Kier molecular flexibility index (Phi) is 5.41. The summed E-state index contributed by atoms with van der Waals surface area (Å²) >= 11 is 5.82. The molecule has 0 spiro atoms. The van der Waals surface area contributed by atoms with Crippen molar-refractivity contribution in [1.82, 2.24) is 0 Å². The standard InChI is InChI=1S/C17H15ClO3/c1-2-20-17(19)12-5-13-3-8-15(9-4-13)21-16-10-6-14(18)7-11-16/h3-12H,2H2,1H3. The van der Waals surface area contributed by atoms with Gasteiger partial charge in [-0.1, -0.05) is 23.7 Å². The number of ether oxygens (including phenoxy) is 2. The average molecular weight is 303 g/mol. The van der Waals surface area contributed by atoms with E-state index in [0.717, 1.165) is 5.56 Å². The Morgan fingerprint density at radius 3 is 2.19 bits per heavy atom. The van der Waals surface area contributed by atoms with Gasteiger partial charge in [-0.15, -0.1) is 0 Å². The smallest absolute Gasteiger partial charge is 0.330 e. The monoisotopic (exact) mass is 302 g/mol. The number of benzene rings is 2. The van der Waals surface area contributed by atoms with Gasteiger partial charge in [0.1, 0.15) is 11.5 Å². The van der Waals surface area contributed by atoms with E-state index in [-0.39, 0.29) is 5.97 Å². The fourth-order valence-corrected chi connectivity index (χ4v) is 1.77. The highest BCUT2D eigenvalue weighted by molar-refractivity contribution is 6.30. The molecule has 0 unspecified atom stereocenters. The minimum Gasteiger partial charge on any atom is -0.463 e. The van der Waals surface area contributed by atoms with Crippen LogP contribution >= 0.6 is 11.6 Å². The van der Waals surface area contributed by atoms with Crippen molar-refractivity contribution in [1.29, 1.82) is 0 Å². The molecule has 2 aromatic carbocycles. The normalized spacial score (nSPS) is 10.6. The van der Waals surface area contributed by atoms with Crippen LogP contribution in [0.25, 0.3) is 6.08 Å². The second-order valence-corrected chi connectivity index (χ2v) is 4.65. The highest BCUT2D eigenvalue weighted by Crippen LogP contribution is 2.23. The molecule has 2 aromatic rings. The summed E-state index contributed by atoms with van der Waals surface area (Å²) < 4.78 is 10.5. The molecular formula is C17H15ClO3. The second kappa shape index (κ2) is 7.50. The number of hydrogen-bond acceptors (Lipinski definition) is 3. The highest BCUT2D eigenvalue weighted by atomic mass is 35.5. The molecule has 0 heterocycles. The molecule has 0 aliphatic heterocycles. The van der Waals surface area contributed by atoms with E-state index in [1.807, 2.05) is 24.3 Å². The number of rotatable bonds is 5. The molecule has 0 aliphatic carbocycles. The first kappa shape index (κ1) is 15.1. The molecule has 0 saturated heterocycles. The summed E-state index contributed by atoms with van der Waals surface area (Å²) in [6, 6.07) is 14.5. The first-order valence-electron chi connectivity index (χ1n) is 6.55. The van der Waals surface area contributed by atoms with Crippen LogP contribution in [0.1, 0.15) is 12.5 Å². The quantitative estimate of drug-likeness (QED) is 0.593. The van der Waals surface area contributed by atoms with Crippen molar-refractivity contribution in [3.63, 3.8) is 0 Å². The van der Waals surface area contributed by atoms with Gasteiger partial charge >= 0.3 is 5.97 Å². The van der Waals surface area contributed by atoms with Crippen molar-refractivity contribution in [2.75, 3.05) is 6.61 Å². The van der Waals surface area contributed by atoms with Crippen molar-refractivity contribution >= 4 is 23.6 Å². The molecule has 3 nitrogen and oxygen atoms in total. The maximum Gasteiger partial charge on any atom is 0.330 e. The summed E-state index contributed by atoms with van der Waals surface area (Å²) in [6.07, 6.45) is 3.10. The molecule has 21 heavy (non-hydrogen) atoms. The lowest BCUT2D eigenvalue weighted by atomic mass is 10.2. The third-order valence-electron chi connectivity index (χ3n) is 2.63. The van der Waals surface area contributed by atoms with E-state index in [9.17, 15) is 4.79 Å². The van der Waals surface area contributed by atoms with E-state index < -0.39 is 0 Å². The number of carbonyl (C=O) groups is 1. The van der Waals surface area contributed by atoms with Crippen LogP contribution in [0, 0.1) is 0 Å². The van der Waals surface area contributed by atoms with Crippen LogP contribution in [0.4, 0.5) is 0 Å². The van der Waals surface area contributed by atoms with E-state index in [4.69, 9.17) is 21.1 Å². The van der Waals surface area contributed by atoms with Gasteiger partial charge in [-0.3, -0.25) is 0 Å². The minimum absolute atomic E-state index is 0.348. The Bertz CT molecular complexity index is 615. The Balaban J connectivity index is 1.98. The van der Waals surface area contributed by atoms with Gasteiger partial charge in [0.2, 0.25) is 0 Å². The molecule has 4 heteroatoms. The molecule has 0 amide bonds. The number of esters is 1. The van der Waals surface area contributed by atoms with Gasteiger partial charge in [0.15, 0.2) is 0 Å². The Morgan fingerprint density at radius 1 is 1.05 bits per heavy atom. The zero-order valence-electron chi connectivity index (χ0n) is 11.6. The van der Waals surface area contributed by atoms with E-state index in [1.165, 1.54) is 6.08 Å². The molecule has 0 radical (unpaired) electrons. The first-order chi connectivity index (χ1) is 10.2. The van der Waals surface area contributed by atoms with Gasteiger partial charge in [-0.2, -0.15) is 0 Å². The van der Waals surface area contributed by atoms with Crippen LogP contribution in [-0.4, -0.2) is 12.6 Å². The van der Waals surface area contributed by atoms with Crippen LogP contribution < -0.4 is 4.74 Å². The third kappa shape index (κ3) is 4.97. The van der Waals surface area contributed by atoms with E-state index in [2.05, 4.69) is 0 Å². The SMILES string of the molecule is CCOC(=O)C=Cc1ccc(Oc2ccc(Cl)cc2)cc1. The van der Waals surface area contributed by atoms with Gasteiger partial charge in [-0.05, 0) is 55.0 Å². The Morgan fingerprint density at radius 2 is 1.62 bits per heavy atom. The van der Waals surface area contributed by atoms with Crippen molar-refractivity contribution < 1.29 is 14.3 Å². The van der Waals surface area contributed by atoms with Gasteiger partial charge < -0.3 is 9.47 Å². The van der Waals surface area contributed by atoms with Crippen LogP contribution in [0.3, 0.4) is 0 Å². The summed E-state index contributed by atoms with van der Waals surface area (Å²) in [5.41, 5.74) is 0.895. The summed E-state index contributed by atoms with van der Waals surface area (Å²) in [6.45, 7) is 2.14. The molecule has 0 N–H and O–H groups in total. The summed E-state index contributed by atoms with van der Waals surface area (Å²) in [5, 5.41) is 0.668. The predicted molar refractivity (Wildman–Crippen MR) is 83.6 cm³/mol. The number of halogens is 1. The first-order valence-corrected chi connectivity index (χ1v) is 6.93. The molecule has 0 bridgehead atoms. The van der Waals surface area contributed by atoms with Crippen molar-refractivity contribution in [3.8, 4) is 11.5 Å². The van der Waals surface area contributed by atoms with Crippen LogP contribution in [-0.2, 0) is 9.53 Å². The van der Waals surface area contributed by atoms with E-state index >= 15 is 0 Å². The van der Waals surface area contributed by atoms with Crippen LogP contribution in [0.5, 0.6) is 11.5 Å². The van der Waals surface area contributed by atoms with E-state index in [1.54, 1.807) is 37.3 Å². The largest absolute Gasteiger partial charge is 0.463 e. The molecule has 2 rings (SSSR count). The van der Waals surface area contributed by atoms with Crippen molar-refractivity contribution in [2.45, 2.75) is 6.92 Å². The third-order valence-corrected chi connectivity index (χ3v) is 2.88. The fourth-order valence-electron chi connectivity index (χ4n) is 1.64. The van der Waals surface area contributed by atoms with Gasteiger partial charge in [0.05, 0.1) is 6.61 Å². The molecule has 0 fully saturated rings. The lowest BCUT2D eigenvalue weighted by Crippen LogP contribution is -1.98. The Hall–Kier alpha value is -2.26. The topological polar surface area (TPSA) is 35.5 Å². The van der Waals surface area contributed by atoms with E-state index in [0.29, 0.717) is 23.1 Å². The summed E-state index contributed by atoms with van der Waals surface area (Å²) in [5.74, 6) is 1.08. The molecule has 108 valence electrons. The predicted octanol–water partition coefficient (Wildman–Crippen LogP) is 4.71. The van der Waals surface area contributed by atoms with Crippen molar-refractivity contribution in [3.05, 3.63) is 65.2 Å². The molecule has 0 saturated carbocycles. The zero-order valence-corrected chi connectivity index (χ0v) is 12.3. The maximum absolute atomic E-state index is 11.2. The molecule has 0 aromatic heterocycles. The lowest BCUT2D eigenvalue weighted by Gasteiger charge is -2.05. The van der Waals surface area contributed by atoms with Gasteiger partial charge in [-0.25, -0.2) is 4.79 Å². The minimum atomic E-state index is -0.348. The van der Waals surface area contributed by atoms with Gasteiger partial charge in [0.25, 0.3) is 0 Å². The molecule has 0 aliphatic rings. The number of hydrogen-bond donors (Lipinski definition) is 0. The second-order valence-electron chi connectivity index (χ2n) is 4.21. The Labute approximate surface area is 128 Å². The zero-order chi connectivity index (χ0) is 15.1. The van der Waals surface area contributed by atoms with Crippen molar-refractivity contribution in [2.24, 2.45) is 0 Å². The summed E-state index contributed by atoms with van der Waals surface area (Å²) in [7, 11) is 0. The van der Waals surface area contributed by atoms with Gasteiger partial charge in [0, 0.05) is 11.1 Å². The number of carbonyl (C=O) groups excluding carboxylic acids is 1. The van der Waals surface area contributed by atoms with Crippen LogP contribution in [0.2, 0.25) is 5.02 Å². The fraction of sp³-hybridized carbons (Fsp3) is 0.118. The van der Waals surface area contributed by atoms with Crippen LogP contribution in [0.15, 0.2) is 54.6 Å². The maximum atomic E-state index is 11.2. The highest BCUT2D eigenvalue weighted by Gasteiger charge is 1.98. The molecule has 0 atom stereocenters. The lowest BCUT2D eigenvalue weighted by molar-refractivity contribution is -0.137. The average Bonchev–Trinajstić information content (AvgIpc) is 2.49. The summed E-state index contributed by atoms with van der Waals surface area (Å²) in [4.78, 5) is 11.2. The molecular weight excluding hydrogens is 288 g/mol.